The third-order valence-corrected chi connectivity index (χ3v) is 5.75. The topological polar surface area (TPSA) is 12.5 Å². The van der Waals surface area contributed by atoms with Gasteiger partial charge in [0.2, 0.25) is 0 Å². The van der Waals surface area contributed by atoms with E-state index in [2.05, 4.69) is 74.5 Å². The molecule has 2 heterocycles. The zero-order valence-corrected chi connectivity index (χ0v) is 15.4. The van der Waals surface area contributed by atoms with E-state index in [9.17, 15) is 0 Å². The molecule has 0 spiro atoms. The van der Waals surface area contributed by atoms with Gasteiger partial charge in [-0.25, -0.2) is 0 Å². The number of nitrogens with zero attached hydrogens (tertiary/aromatic N) is 1. The number of hydrogen-bond acceptors (Lipinski definition) is 3. The standard InChI is InChI=1S/C20H25NOS/c1-14-13-20(2,3)21(4)19-17(14)11-15(12-18(19)22-5)8-9-16-7-6-10-23-16/h6-12,14H,13H2,1-5H3/b9-8+/t14-/m1/s1. The first-order chi connectivity index (χ1) is 10.9. The van der Waals surface area contributed by atoms with Crippen molar-refractivity contribution in [3.05, 3.63) is 45.6 Å². The van der Waals surface area contributed by atoms with E-state index in [4.69, 9.17) is 4.74 Å². The van der Waals surface area contributed by atoms with Gasteiger partial charge in [0.25, 0.3) is 0 Å². The van der Waals surface area contributed by atoms with Crippen LogP contribution in [0, 0.1) is 0 Å². The van der Waals surface area contributed by atoms with Crippen LogP contribution in [-0.4, -0.2) is 19.7 Å². The van der Waals surface area contributed by atoms with E-state index < -0.39 is 0 Å². The Morgan fingerprint density at radius 3 is 2.74 bits per heavy atom. The maximum Gasteiger partial charge on any atom is 0.143 e. The lowest BCUT2D eigenvalue weighted by molar-refractivity contribution is 0.373. The first-order valence-corrected chi connectivity index (χ1v) is 8.97. The maximum atomic E-state index is 5.73. The molecule has 23 heavy (non-hydrogen) atoms. The van der Waals surface area contributed by atoms with Gasteiger partial charge in [0.15, 0.2) is 0 Å². The molecule has 0 radical (unpaired) electrons. The van der Waals surface area contributed by atoms with Crippen molar-refractivity contribution in [2.24, 2.45) is 0 Å². The Morgan fingerprint density at radius 2 is 2.09 bits per heavy atom. The summed E-state index contributed by atoms with van der Waals surface area (Å²) < 4.78 is 5.73. The van der Waals surface area contributed by atoms with Crippen LogP contribution in [0.15, 0.2) is 29.6 Å². The van der Waals surface area contributed by atoms with E-state index in [-0.39, 0.29) is 5.54 Å². The third-order valence-electron chi connectivity index (χ3n) is 4.91. The minimum absolute atomic E-state index is 0.147. The van der Waals surface area contributed by atoms with Crippen LogP contribution < -0.4 is 9.64 Å². The number of benzene rings is 1. The van der Waals surface area contributed by atoms with Crippen LogP contribution in [0.3, 0.4) is 0 Å². The molecule has 0 aliphatic carbocycles. The first kappa shape index (κ1) is 16.1. The van der Waals surface area contributed by atoms with Crippen LogP contribution >= 0.6 is 11.3 Å². The average molecular weight is 327 g/mol. The van der Waals surface area contributed by atoms with Crippen LogP contribution in [0.25, 0.3) is 12.2 Å². The summed E-state index contributed by atoms with van der Waals surface area (Å²) in [5.74, 6) is 1.50. The Bertz CT molecular complexity index is 715. The van der Waals surface area contributed by atoms with Gasteiger partial charge in [0.05, 0.1) is 12.8 Å². The summed E-state index contributed by atoms with van der Waals surface area (Å²) in [5, 5.41) is 2.10. The first-order valence-electron chi connectivity index (χ1n) is 8.10. The molecule has 0 bridgehead atoms. The van der Waals surface area contributed by atoms with Crippen molar-refractivity contribution in [3.63, 3.8) is 0 Å². The molecule has 0 saturated carbocycles. The molecular weight excluding hydrogens is 302 g/mol. The van der Waals surface area contributed by atoms with Crippen molar-refractivity contribution < 1.29 is 4.74 Å². The highest BCUT2D eigenvalue weighted by Gasteiger charge is 2.36. The fourth-order valence-corrected chi connectivity index (χ4v) is 4.12. The number of ether oxygens (including phenoxy) is 1. The summed E-state index contributed by atoms with van der Waals surface area (Å²) in [4.78, 5) is 3.64. The van der Waals surface area contributed by atoms with Gasteiger partial charge in [-0.1, -0.05) is 19.1 Å². The van der Waals surface area contributed by atoms with E-state index >= 15 is 0 Å². The summed E-state index contributed by atoms with van der Waals surface area (Å²) in [5.41, 5.74) is 3.98. The van der Waals surface area contributed by atoms with Gasteiger partial charge in [-0.15, -0.1) is 11.3 Å². The van der Waals surface area contributed by atoms with Crippen molar-refractivity contribution in [3.8, 4) is 5.75 Å². The molecule has 1 aliphatic rings. The number of methoxy groups -OCH3 is 1. The van der Waals surface area contributed by atoms with Crippen molar-refractivity contribution in [2.75, 3.05) is 19.1 Å². The van der Waals surface area contributed by atoms with Crippen LogP contribution in [0.1, 0.15) is 49.1 Å². The predicted octanol–water partition coefficient (Wildman–Crippen LogP) is 5.65. The summed E-state index contributed by atoms with van der Waals surface area (Å²) in [6.45, 7) is 6.92. The second-order valence-corrected chi connectivity index (χ2v) is 7.97. The van der Waals surface area contributed by atoms with Gasteiger partial charge >= 0.3 is 0 Å². The number of anilines is 1. The summed E-state index contributed by atoms with van der Waals surface area (Å²) in [6, 6.07) is 8.68. The Morgan fingerprint density at radius 1 is 1.30 bits per heavy atom. The van der Waals surface area contributed by atoms with Crippen molar-refractivity contribution in [1.82, 2.24) is 0 Å². The molecule has 3 rings (SSSR count). The quantitative estimate of drug-likeness (QED) is 0.722. The lowest BCUT2D eigenvalue weighted by Gasteiger charge is -2.46. The molecule has 122 valence electrons. The van der Waals surface area contributed by atoms with Crippen molar-refractivity contribution in [1.29, 1.82) is 0 Å². The molecule has 1 aliphatic heterocycles. The molecule has 0 amide bonds. The van der Waals surface area contributed by atoms with Crippen LogP contribution in [0.4, 0.5) is 5.69 Å². The van der Waals surface area contributed by atoms with Gasteiger partial charge in [-0.3, -0.25) is 0 Å². The second-order valence-electron chi connectivity index (χ2n) is 6.99. The van der Waals surface area contributed by atoms with Gasteiger partial charge < -0.3 is 9.64 Å². The Labute approximate surface area is 143 Å². The van der Waals surface area contributed by atoms with Crippen molar-refractivity contribution in [2.45, 2.75) is 38.6 Å². The zero-order chi connectivity index (χ0) is 16.6. The van der Waals surface area contributed by atoms with Gasteiger partial charge in [-0.05, 0) is 67.0 Å². The highest BCUT2D eigenvalue weighted by molar-refractivity contribution is 7.10. The number of rotatable bonds is 3. The highest BCUT2D eigenvalue weighted by atomic mass is 32.1. The molecule has 0 fully saturated rings. The monoisotopic (exact) mass is 327 g/mol. The van der Waals surface area contributed by atoms with Crippen molar-refractivity contribution >= 4 is 29.2 Å². The van der Waals surface area contributed by atoms with Gasteiger partial charge in [0, 0.05) is 17.5 Å². The minimum atomic E-state index is 0.147. The van der Waals surface area contributed by atoms with Gasteiger partial charge in [-0.2, -0.15) is 0 Å². The Kier molecular flexibility index (Phi) is 4.24. The Balaban J connectivity index is 2.05. The van der Waals surface area contributed by atoms with Crippen LogP contribution in [-0.2, 0) is 0 Å². The molecular formula is C20H25NOS. The predicted molar refractivity (Wildman–Crippen MR) is 102 cm³/mol. The lowest BCUT2D eigenvalue weighted by atomic mass is 9.79. The maximum absolute atomic E-state index is 5.73. The largest absolute Gasteiger partial charge is 0.495 e. The van der Waals surface area contributed by atoms with Crippen LogP contribution in [0.5, 0.6) is 5.75 Å². The fourth-order valence-electron chi connectivity index (χ4n) is 3.50. The number of fused-ring (bicyclic) bond motifs is 1. The van der Waals surface area contributed by atoms with E-state index in [1.54, 1.807) is 18.4 Å². The van der Waals surface area contributed by atoms with Crippen LogP contribution in [0.2, 0.25) is 0 Å². The van der Waals surface area contributed by atoms with E-state index in [1.165, 1.54) is 21.7 Å². The average Bonchev–Trinajstić information content (AvgIpc) is 3.03. The molecule has 1 aromatic heterocycles. The van der Waals surface area contributed by atoms with E-state index in [0.29, 0.717) is 5.92 Å². The minimum Gasteiger partial charge on any atom is -0.495 e. The molecule has 2 nitrogen and oxygen atoms in total. The summed E-state index contributed by atoms with van der Waals surface area (Å²) in [7, 11) is 3.94. The SMILES string of the molecule is COc1cc(/C=C/c2cccs2)cc2c1N(C)C(C)(C)C[C@H]2C. The molecule has 1 aromatic carbocycles. The fraction of sp³-hybridized carbons (Fsp3) is 0.400. The number of thiophene rings is 1. The smallest absolute Gasteiger partial charge is 0.143 e. The third kappa shape index (κ3) is 3.02. The molecule has 0 unspecified atom stereocenters. The lowest BCUT2D eigenvalue weighted by Crippen LogP contribution is -2.45. The summed E-state index contributed by atoms with van der Waals surface area (Å²) >= 11 is 1.76. The normalized spacial score (nSPS) is 19.9. The van der Waals surface area contributed by atoms with E-state index in [0.717, 1.165) is 12.2 Å². The summed E-state index contributed by atoms with van der Waals surface area (Å²) in [6.07, 6.45) is 5.51. The second kappa shape index (κ2) is 6.04. The molecule has 0 saturated heterocycles. The Hall–Kier alpha value is -1.74. The molecule has 3 heteroatoms. The van der Waals surface area contributed by atoms with Gasteiger partial charge in [0.1, 0.15) is 5.75 Å². The molecule has 1 atom stereocenters. The molecule has 0 N–H and O–H groups in total. The number of hydrogen-bond donors (Lipinski definition) is 0. The molecule has 2 aromatic rings. The highest BCUT2D eigenvalue weighted by Crippen LogP contribution is 2.47. The van der Waals surface area contributed by atoms with E-state index in [1.807, 2.05) is 0 Å². The zero-order valence-electron chi connectivity index (χ0n) is 14.6.